The number of hydrogen-bond acceptors (Lipinski definition) is 6. The summed E-state index contributed by atoms with van der Waals surface area (Å²) in [6, 6.07) is 8.40. The highest BCUT2D eigenvalue weighted by Gasteiger charge is 2.09. The number of nitrogens with zero attached hydrogens (tertiary/aromatic N) is 4. The Labute approximate surface area is 193 Å². The molecular weight excluding hydrogens is 420 g/mol. The van der Waals surface area contributed by atoms with Crippen molar-refractivity contribution in [2.24, 2.45) is 0 Å². The van der Waals surface area contributed by atoms with Crippen LogP contribution in [-0.4, -0.2) is 27.7 Å². The Hall–Kier alpha value is -2.54. The number of aryl methyl sites for hydroxylation is 1. The second kappa shape index (κ2) is 11.9. The minimum Gasteiger partial charge on any atom is -0.372 e. The van der Waals surface area contributed by atoms with Crippen LogP contribution in [0.5, 0.6) is 0 Å². The Kier molecular flexibility index (Phi) is 8.97. The summed E-state index contributed by atoms with van der Waals surface area (Å²) in [7, 11) is 0. The largest absolute Gasteiger partial charge is 0.372 e. The van der Waals surface area contributed by atoms with Crippen LogP contribution in [-0.2, 0) is 0 Å². The van der Waals surface area contributed by atoms with Crippen LogP contribution in [0.25, 0.3) is 11.0 Å². The van der Waals surface area contributed by atoms with Gasteiger partial charge in [0.15, 0.2) is 0 Å². The molecule has 0 aliphatic heterocycles. The molecule has 0 saturated heterocycles. The van der Waals surface area contributed by atoms with Crippen LogP contribution in [0.15, 0.2) is 33.9 Å². The Morgan fingerprint density at radius 2 is 1.56 bits per heavy atom. The fraction of sp³-hybridized carbons (Fsp3) is 0.520. The van der Waals surface area contributed by atoms with E-state index in [0.717, 1.165) is 18.7 Å². The highest BCUT2D eigenvalue weighted by Crippen LogP contribution is 2.18. The number of rotatable bonds is 12. The fourth-order valence-electron chi connectivity index (χ4n) is 3.75. The topological polar surface area (TPSA) is 67.6 Å². The summed E-state index contributed by atoms with van der Waals surface area (Å²) in [6.07, 6.45) is 11.9. The fourth-order valence-corrected chi connectivity index (χ4v) is 4.65. The summed E-state index contributed by atoms with van der Waals surface area (Å²) in [5.41, 5.74) is 1.79. The van der Waals surface area contributed by atoms with Crippen LogP contribution < -0.4 is 20.6 Å². The lowest BCUT2D eigenvalue weighted by Crippen LogP contribution is -2.27. The molecule has 0 saturated carbocycles. The van der Waals surface area contributed by atoms with Gasteiger partial charge in [0.05, 0.1) is 4.53 Å². The number of benzene rings is 1. The third-order valence-corrected chi connectivity index (χ3v) is 6.62. The number of aromatic nitrogens is 3. The molecule has 6 nitrogen and oxygen atoms in total. The van der Waals surface area contributed by atoms with Crippen molar-refractivity contribution >= 4 is 28.1 Å². The van der Waals surface area contributed by atoms with Crippen LogP contribution in [0.3, 0.4) is 0 Å². The number of thiazole rings is 1. The van der Waals surface area contributed by atoms with Gasteiger partial charge in [0.2, 0.25) is 4.96 Å². The molecule has 0 unspecified atom stereocenters. The molecular formula is C25H34N4O2S. The van der Waals surface area contributed by atoms with Gasteiger partial charge in [0.1, 0.15) is 5.69 Å². The quantitative estimate of drug-likeness (QED) is 0.381. The highest BCUT2D eigenvalue weighted by atomic mass is 32.1. The first-order chi connectivity index (χ1) is 15.5. The molecule has 0 spiro atoms. The van der Waals surface area contributed by atoms with Crippen molar-refractivity contribution in [3.05, 3.63) is 60.8 Å². The van der Waals surface area contributed by atoms with Gasteiger partial charge in [-0.15, -0.1) is 0 Å². The predicted octanol–water partition coefficient (Wildman–Crippen LogP) is 4.33. The molecule has 7 heteroatoms. The van der Waals surface area contributed by atoms with Gasteiger partial charge in [-0.3, -0.25) is 9.59 Å². The van der Waals surface area contributed by atoms with Gasteiger partial charge in [-0.1, -0.05) is 75.8 Å². The first kappa shape index (κ1) is 24.1. The molecule has 2 heterocycles. The zero-order valence-electron chi connectivity index (χ0n) is 19.5. The maximum Gasteiger partial charge on any atom is 0.295 e. The normalized spacial score (nSPS) is 12.0. The van der Waals surface area contributed by atoms with Crippen LogP contribution in [0, 0.1) is 6.92 Å². The predicted molar refractivity (Wildman–Crippen MR) is 134 cm³/mol. The van der Waals surface area contributed by atoms with E-state index in [0.29, 0.717) is 9.49 Å². The van der Waals surface area contributed by atoms with E-state index in [4.69, 9.17) is 0 Å². The SMILES string of the molecule is CCCCCCN(CCCCCC)c1ccc(/C=c2/sc3nc(=O)c(C)nn3c2=O)cc1. The lowest BCUT2D eigenvalue weighted by atomic mass is 10.1. The Morgan fingerprint density at radius 3 is 2.16 bits per heavy atom. The van der Waals surface area contributed by atoms with Crippen molar-refractivity contribution in [3.8, 4) is 0 Å². The van der Waals surface area contributed by atoms with Gasteiger partial charge in [-0.25, -0.2) is 0 Å². The van der Waals surface area contributed by atoms with E-state index >= 15 is 0 Å². The van der Waals surface area contributed by atoms with Crippen molar-refractivity contribution in [2.75, 3.05) is 18.0 Å². The maximum atomic E-state index is 12.6. The third-order valence-electron chi connectivity index (χ3n) is 5.66. The summed E-state index contributed by atoms with van der Waals surface area (Å²) < 4.78 is 1.74. The second-order valence-corrected chi connectivity index (χ2v) is 9.32. The number of hydrogen-bond donors (Lipinski definition) is 0. The van der Waals surface area contributed by atoms with Crippen LogP contribution >= 0.6 is 11.3 Å². The highest BCUT2D eigenvalue weighted by molar-refractivity contribution is 7.15. The third kappa shape index (κ3) is 6.25. The van der Waals surface area contributed by atoms with Crippen molar-refractivity contribution < 1.29 is 0 Å². The van der Waals surface area contributed by atoms with Gasteiger partial charge in [-0.05, 0) is 43.5 Å². The Morgan fingerprint density at radius 1 is 0.938 bits per heavy atom. The molecule has 172 valence electrons. The molecule has 0 N–H and O–H groups in total. The number of unbranched alkanes of at least 4 members (excludes halogenated alkanes) is 6. The molecule has 0 atom stereocenters. The zero-order valence-corrected chi connectivity index (χ0v) is 20.3. The second-order valence-electron chi connectivity index (χ2n) is 8.31. The molecule has 2 aromatic heterocycles. The summed E-state index contributed by atoms with van der Waals surface area (Å²) >= 11 is 1.19. The molecule has 0 radical (unpaired) electrons. The van der Waals surface area contributed by atoms with Gasteiger partial charge >= 0.3 is 0 Å². The molecule has 32 heavy (non-hydrogen) atoms. The molecule has 0 aliphatic carbocycles. The average molecular weight is 455 g/mol. The van der Waals surface area contributed by atoms with Crippen molar-refractivity contribution in [3.63, 3.8) is 0 Å². The Bertz CT molecular complexity index is 1160. The summed E-state index contributed by atoms with van der Waals surface area (Å²) in [6.45, 7) is 8.22. The summed E-state index contributed by atoms with van der Waals surface area (Å²) in [5, 5.41) is 4.07. The van der Waals surface area contributed by atoms with Crippen molar-refractivity contribution in [1.82, 2.24) is 14.6 Å². The average Bonchev–Trinajstić information content (AvgIpc) is 3.08. The molecule has 0 amide bonds. The van der Waals surface area contributed by atoms with E-state index in [1.807, 2.05) is 6.08 Å². The first-order valence-electron chi connectivity index (χ1n) is 11.8. The summed E-state index contributed by atoms with van der Waals surface area (Å²) in [4.78, 5) is 31.2. The lowest BCUT2D eigenvalue weighted by Gasteiger charge is -2.25. The van der Waals surface area contributed by atoms with Crippen LogP contribution in [0.4, 0.5) is 5.69 Å². The zero-order chi connectivity index (χ0) is 22.9. The minimum absolute atomic E-state index is 0.228. The van der Waals surface area contributed by atoms with Crippen LogP contribution in [0.1, 0.15) is 76.5 Å². The van der Waals surface area contributed by atoms with Gasteiger partial charge in [0, 0.05) is 18.8 Å². The van der Waals surface area contributed by atoms with E-state index in [9.17, 15) is 9.59 Å². The van der Waals surface area contributed by atoms with Gasteiger partial charge in [0.25, 0.3) is 11.1 Å². The molecule has 1 aromatic carbocycles. The van der Waals surface area contributed by atoms with E-state index < -0.39 is 0 Å². The van der Waals surface area contributed by atoms with E-state index in [1.54, 1.807) is 6.92 Å². The Balaban J connectivity index is 1.79. The summed E-state index contributed by atoms with van der Waals surface area (Å²) in [5.74, 6) is 0. The van der Waals surface area contributed by atoms with E-state index in [-0.39, 0.29) is 16.8 Å². The lowest BCUT2D eigenvalue weighted by molar-refractivity contribution is 0.609. The van der Waals surface area contributed by atoms with Gasteiger partial charge < -0.3 is 4.90 Å². The number of fused-ring (bicyclic) bond motifs is 1. The minimum atomic E-state index is -0.389. The monoisotopic (exact) mass is 454 g/mol. The smallest absolute Gasteiger partial charge is 0.295 e. The molecule has 3 rings (SSSR count). The molecule has 0 bridgehead atoms. The van der Waals surface area contributed by atoms with E-state index in [2.05, 4.69) is 53.1 Å². The molecule has 0 aliphatic rings. The number of anilines is 1. The molecule has 3 aromatic rings. The van der Waals surface area contributed by atoms with Gasteiger partial charge in [-0.2, -0.15) is 14.6 Å². The van der Waals surface area contributed by atoms with Crippen LogP contribution in [0.2, 0.25) is 0 Å². The maximum absolute atomic E-state index is 12.6. The van der Waals surface area contributed by atoms with Crippen molar-refractivity contribution in [2.45, 2.75) is 72.1 Å². The van der Waals surface area contributed by atoms with Crippen molar-refractivity contribution in [1.29, 1.82) is 0 Å². The first-order valence-corrected chi connectivity index (χ1v) is 12.6. The molecule has 0 fully saturated rings. The standard InChI is InChI=1S/C25H34N4O2S/c1-4-6-8-10-16-28(17-11-9-7-5-2)21-14-12-20(13-15-21)18-22-24(31)29-25(32-22)26-23(30)19(3)27-29/h12-15,18H,4-11,16-17H2,1-3H3/b22-18+. The van der Waals surface area contributed by atoms with E-state index in [1.165, 1.54) is 72.9 Å².